The maximum Gasteiger partial charge on any atom is 0.211 e. The summed E-state index contributed by atoms with van der Waals surface area (Å²) >= 11 is 0. The molecule has 5 nitrogen and oxygen atoms in total. The van der Waals surface area contributed by atoms with Crippen molar-refractivity contribution in [2.45, 2.75) is 45.1 Å². The fraction of sp³-hybridized carbons (Fsp3) is 1.00. The van der Waals surface area contributed by atoms with Crippen LogP contribution in [0.25, 0.3) is 0 Å². The molecule has 0 saturated carbocycles. The van der Waals surface area contributed by atoms with Crippen LogP contribution >= 0.6 is 0 Å². The average molecular weight is 317 g/mol. The number of hydrogen-bond acceptors (Lipinski definition) is 4. The van der Waals surface area contributed by atoms with Crippen LogP contribution < -0.4 is 0 Å². The number of sulfonamides is 1. The molecule has 0 N–H and O–H groups in total. The topological polar surface area (TPSA) is 43.9 Å². The van der Waals surface area contributed by atoms with Gasteiger partial charge in [-0.05, 0) is 51.9 Å². The summed E-state index contributed by atoms with van der Waals surface area (Å²) in [4.78, 5) is 5.08. The van der Waals surface area contributed by atoms with Crippen LogP contribution in [0.4, 0.5) is 0 Å². The summed E-state index contributed by atoms with van der Waals surface area (Å²) in [6.07, 6.45) is 7.37. The molecule has 0 aromatic rings. The molecule has 6 heteroatoms. The third-order valence-electron chi connectivity index (χ3n) is 4.88. The SMILES string of the molecule is CCN(C1CCN(CCN2CCCCC2)CC1)S(C)(=O)=O. The first kappa shape index (κ1) is 17.2. The van der Waals surface area contributed by atoms with E-state index in [1.54, 1.807) is 4.31 Å². The molecule has 2 fully saturated rings. The second-order valence-electron chi connectivity index (χ2n) is 6.44. The summed E-state index contributed by atoms with van der Waals surface area (Å²) in [6.45, 7) is 9.42. The van der Waals surface area contributed by atoms with E-state index >= 15 is 0 Å². The molecule has 124 valence electrons. The molecule has 2 heterocycles. The Hall–Kier alpha value is -0.170. The predicted molar refractivity (Wildman–Crippen MR) is 87.0 cm³/mol. The van der Waals surface area contributed by atoms with Crippen LogP contribution in [-0.2, 0) is 10.0 Å². The first-order valence-electron chi connectivity index (χ1n) is 8.42. The van der Waals surface area contributed by atoms with Crippen molar-refractivity contribution in [1.29, 1.82) is 0 Å². The first-order valence-corrected chi connectivity index (χ1v) is 10.3. The molecule has 2 rings (SSSR count). The molecule has 0 bridgehead atoms. The van der Waals surface area contributed by atoms with Crippen molar-refractivity contribution in [1.82, 2.24) is 14.1 Å². The highest BCUT2D eigenvalue weighted by molar-refractivity contribution is 7.88. The molecule has 0 aromatic heterocycles. The van der Waals surface area contributed by atoms with Crippen molar-refractivity contribution in [3.05, 3.63) is 0 Å². The van der Waals surface area contributed by atoms with Gasteiger partial charge >= 0.3 is 0 Å². The highest BCUT2D eigenvalue weighted by atomic mass is 32.2. The maximum absolute atomic E-state index is 11.8. The van der Waals surface area contributed by atoms with Gasteiger partial charge in [0, 0.05) is 25.7 Å². The van der Waals surface area contributed by atoms with Crippen molar-refractivity contribution in [3.8, 4) is 0 Å². The highest BCUT2D eigenvalue weighted by Crippen LogP contribution is 2.19. The van der Waals surface area contributed by atoms with E-state index in [9.17, 15) is 8.42 Å². The standard InChI is InChI=1S/C15H31N3O2S/c1-3-18(21(2,19)20)15-7-11-17(12-8-15)14-13-16-9-5-4-6-10-16/h15H,3-14H2,1-2H3. The zero-order valence-corrected chi connectivity index (χ0v) is 14.4. The molecule has 2 aliphatic heterocycles. The maximum atomic E-state index is 11.8. The van der Waals surface area contributed by atoms with Gasteiger partial charge in [0.1, 0.15) is 0 Å². The molecule has 0 unspecified atom stereocenters. The second kappa shape index (κ2) is 7.90. The van der Waals surface area contributed by atoms with E-state index in [2.05, 4.69) is 9.80 Å². The Morgan fingerprint density at radius 2 is 1.48 bits per heavy atom. The van der Waals surface area contributed by atoms with Gasteiger partial charge in [0.15, 0.2) is 0 Å². The molecule has 0 spiro atoms. The number of hydrogen-bond donors (Lipinski definition) is 0. The summed E-state index contributed by atoms with van der Waals surface area (Å²) in [5, 5.41) is 0. The van der Waals surface area contributed by atoms with E-state index in [1.807, 2.05) is 6.92 Å². The van der Waals surface area contributed by atoms with Crippen LogP contribution in [0.1, 0.15) is 39.0 Å². The summed E-state index contributed by atoms with van der Waals surface area (Å²) in [5.41, 5.74) is 0. The monoisotopic (exact) mass is 317 g/mol. The molecule has 0 amide bonds. The van der Waals surface area contributed by atoms with Crippen molar-refractivity contribution < 1.29 is 8.42 Å². The van der Waals surface area contributed by atoms with Gasteiger partial charge in [0.2, 0.25) is 10.0 Å². The third-order valence-corrected chi connectivity index (χ3v) is 6.29. The molecule has 0 atom stereocenters. The fourth-order valence-electron chi connectivity index (χ4n) is 3.66. The van der Waals surface area contributed by atoms with Crippen LogP contribution in [0.5, 0.6) is 0 Å². The van der Waals surface area contributed by atoms with E-state index < -0.39 is 10.0 Å². The molecular formula is C15H31N3O2S. The third kappa shape index (κ3) is 5.20. The van der Waals surface area contributed by atoms with E-state index in [0.29, 0.717) is 6.54 Å². The van der Waals surface area contributed by atoms with Gasteiger partial charge in [-0.25, -0.2) is 8.42 Å². The molecule has 2 aliphatic rings. The van der Waals surface area contributed by atoms with Crippen LogP contribution in [-0.4, -0.2) is 80.6 Å². The summed E-state index contributed by atoms with van der Waals surface area (Å²) in [6, 6.07) is 0.205. The van der Waals surface area contributed by atoms with Gasteiger partial charge in [-0.1, -0.05) is 13.3 Å². The minimum atomic E-state index is -3.05. The van der Waals surface area contributed by atoms with Crippen LogP contribution in [0.2, 0.25) is 0 Å². The van der Waals surface area contributed by atoms with Gasteiger partial charge in [0.05, 0.1) is 6.26 Å². The highest BCUT2D eigenvalue weighted by Gasteiger charge is 2.28. The number of nitrogens with zero attached hydrogens (tertiary/aromatic N) is 3. The lowest BCUT2D eigenvalue weighted by molar-refractivity contribution is 0.135. The quantitative estimate of drug-likeness (QED) is 0.739. The molecule has 0 aliphatic carbocycles. The lowest BCUT2D eigenvalue weighted by Crippen LogP contribution is -2.48. The number of rotatable bonds is 6. The van der Waals surface area contributed by atoms with Gasteiger partial charge in [-0.3, -0.25) is 0 Å². The van der Waals surface area contributed by atoms with Crippen molar-refractivity contribution in [2.75, 3.05) is 52.1 Å². The molecular weight excluding hydrogens is 286 g/mol. The minimum Gasteiger partial charge on any atom is -0.302 e. The van der Waals surface area contributed by atoms with Gasteiger partial charge in [0.25, 0.3) is 0 Å². The zero-order chi connectivity index (χ0) is 15.3. The number of piperidine rings is 2. The second-order valence-corrected chi connectivity index (χ2v) is 8.38. The molecule has 2 saturated heterocycles. The summed E-state index contributed by atoms with van der Waals surface area (Å²) < 4.78 is 25.2. The van der Waals surface area contributed by atoms with Crippen molar-refractivity contribution in [3.63, 3.8) is 0 Å². The predicted octanol–water partition coefficient (Wildman–Crippen LogP) is 1.22. The minimum absolute atomic E-state index is 0.205. The summed E-state index contributed by atoms with van der Waals surface area (Å²) in [5.74, 6) is 0. The van der Waals surface area contributed by atoms with Gasteiger partial charge in [-0.15, -0.1) is 0 Å². The largest absolute Gasteiger partial charge is 0.302 e. The summed E-state index contributed by atoms with van der Waals surface area (Å²) in [7, 11) is -3.05. The molecule has 0 aromatic carbocycles. The normalized spacial score (nSPS) is 23.8. The fourth-order valence-corrected chi connectivity index (χ4v) is 4.88. The van der Waals surface area contributed by atoms with Crippen molar-refractivity contribution >= 4 is 10.0 Å². The Morgan fingerprint density at radius 1 is 0.952 bits per heavy atom. The van der Waals surface area contributed by atoms with Crippen LogP contribution in [0.3, 0.4) is 0 Å². The number of likely N-dealkylation sites (tertiary alicyclic amines) is 2. The lowest BCUT2D eigenvalue weighted by atomic mass is 10.0. The first-order chi connectivity index (χ1) is 10.0. The Morgan fingerprint density at radius 3 is 1.95 bits per heavy atom. The smallest absolute Gasteiger partial charge is 0.211 e. The average Bonchev–Trinajstić information content (AvgIpc) is 2.47. The van der Waals surface area contributed by atoms with Crippen LogP contribution in [0.15, 0.2) is 0 Å². The van der Waals surface area contributed by atoms with E-state index in [1.165, 1.54) is 45.2 Å². The van der Waals surface area contributed by atoms with E-state index in [4.69, 9.17) is 0 Å². The van der Waals surface area contributed by atoms with E-state index in [-0.39, 0.29) is 6.04 Å². The van der Waals surface area contributed by atoms with Crippen LogP contribution in [0, 0.1) is 0 Å². The van der Waals surface area contributed by atoms with E-state index in [0.717, 1.165) is 32.5 Å². The van der Waals surface area contributed by atoms with Gasteiger partial charge in [-0.2, -0.15) is 4.31 Å². The molecule has 21 heavy (non-hydrogen) atoms. The van der Waals surface area contributed by atoms with Gasteiger partial charge < -0.3 is 9.80 Å². The Balaban J connectivity index is 1.72. The molecule has 0 radical (unpaired) electrons. The Bertz CT molecular complexity index is 399. The Labute approximate surface area is 130 Å². The van der Waals surface area contributed by atoms with Crippen molar-refractivity contribution in [2.24, 2.45) is 0 Å². The zero-order valence-electron chi connectivity index (χ0n) is 13.6. The lowest BCUT2D eigenvalue weighted by Gasteiger charge is -2.38. The Kier molecular flexibility index (Phi) is 6.47.